The third-order valence-corrected chi connectivity index (χ3v) is 8.14. The van der Waals surface area contributed by atoms with Gasteiger partial charge in [-0.3, -0.25) is 28.5 Å². The van der Waals surface area contributed by atoms with Crippen LogP contribution in [-0.4, -0.2) is 70.2 Å². The number of hydrogen-bond donors (Lipinski definition) is 2. The molecule has 2 unspecified atom stereocenters. The topological polar surface area (TPSA) is 215 Å². The number of rotatable bonds is 13. The second-order valence-corrected chi connectivity index (χ2v) is 10.8. The fraction of sp³-hybridized carbons (Fsp3) is 0.478. The van der Waals surface area contributed by atoms with E-state index in [1.54, 1.807) is 18.2 Å². The van der Waals surface area contributed by atoms with Gasteiger partial charge in [-0.25, -0.2) is 9.36 Å². The molecule has 5 atom stereocenters. The number of aromatic amines is 1. The van der Waals surface area contributed by atoms with Crippen molar-refractivity contribution in [2.24, 2.45) is 5.11 Å². The molecule has 2 heterocycles. The normalized spacial score (nSPS) is 20.8. The number of para-hydroxylation sites is 1. The smallest absolute Gasteiger partial charge is 0.462 e. The van der Waals surface area contributed by atoms with Crippen LogP contribution in [0.1, 0.15) is 31.1 Å². The Bertz CT molecular complexity index is 1420. The number of ether oxygens (including phenoxy) is 2. The monoisotopic (exact) mass is 580 g/mol. The lowest BCUT2D eigenvalue weighted by Gasteiger charge is -2.32. The van der Waals surface area contributed by atoms with Gasteiger partial charge in [0.05, 0.1) is 25.9 Å². The Labute approximate surface area is 227 Å². The van der Waals surface area contributed by atoms with E-state index in [1.165, 1.54) is 32.3 Å². The number of aromatic nitrogens is 2. The summed E-state index contributed by atoms with van der Waals surface area (Å²) in [7, 11) is -2.05. The summed E-state index contributed by atoms with van der Waals surface area (Å²) < 4.78 is 38.4. The van der Waals surface area contributed by atoms with Gasteiger partial charge in [0.1, 0.15) is 18.0 Å². The van der Waals surface area contributed by atoms with E-state index in [0.717, 1.165) is 16.3 Å². The van der Waals surface area contributed by atoms with Crippen LogP contribution in [0.5, 0.6) is 5.75 Å². The van der Waals surface area contributed by atoms with Gasteiger partial charge in [0, 0.05) is 29.5 Å². The second-order valence-electron chi connectivity index (χ2n) is 8.83. The molecular weight excluding hydrogens is 551 g/mol. The van der Waals surface area contributed by atoms with Crippen molar-refractivity contribution in [3.63, 3.8) is 0 Å². The first-order valence-corrected chi connectivity index (χ1v) is 13.5. The zero-order valence-corrected chi connectivity index (χ0v) is 22.8. The lowest BCUT2D eigenvalue weighted by molar-refractivity contribution is -0.146. The third-order valence-electron chi connectivity index (χ3n) is 6.17. The third kappa shape index (κ3) is 7.37. The number of benzene rings is 1. The van der Waals surface area contributed by atoms with Gasteiger partial charge in [0.2, 0.25) is 0 Å². The van der Waals surface area contributed by atoms with Crippen LogP contribution in [0.15, 0.2) is 51.2 Å². The molecule has 0 radical (unpaired) electrons. The highest BCUT2D eigenvalue weighted by Crippen LogP contribution is 2.53. The number of nitrogens with zero attached hydrogens (tertiary/aromatic N) is 5. The molecule has 3 rings (SSSR count). The average molecular weight is 580 g/mol. The summed E-state index contributed by atoms with van der Waals surface area (Å²) >= 11 is 0. The second kappa shape index (κ2) is 13.4. The molecular formula is C23H29N6O10P. The zero-order valence-electron chi connectivity index (χ0n) is 21.9. The van der Waals surface area contributed by atoms with Crippen LogP contribution < -0.4 is 15.8 Å². The van der Waals surface area contributed by atoms with E-state index < -0.39 is 68.4 Å². The SMILES string of the molecule is COC(=O)[C@H](CCC(=O)O)N(C)P(=O)(OC[C@H]1O[C@@H](n2cc(C)c(=O)[nH]c2=O)CC1N=[N+]=[N-])Oc1ccccc1. The number of esters is 1. The largest absolute Gasteiger partial charge is 0.481 e. The molecule has 0 saturated carbocycles. The Morgan fingerprint density at radius 1 is 1.35 bits per heavy atom. The number of aliphatic carboxylic acids is 1. The first kappa shape index (κ1) is 30.6. The highest BCUT2D eigenvalue weighted by molar-refractivity contribution is 7.51. The molecule has 40 heavy (non-hydrogen) atoms. The number of nitrogens with one attached hydrogen (secondary N) is 1. The molecule has 2 N–H and O–H groups in total. The van der Waals surface area contributed by atoms with Crippen LogP contribution >= 0.6 is 7.75 Å². The van der Waals surface area contributed by atoms with E-state index in [0.29, 0.717) is 0 Å². The number of carboxylic acids is 1. The van der Waals surface area contributed by atoms with Crippen LogP contribution in [0.4, 0.5) is 0 Å². The number of H-pyrrole nitrogens is 1. The number of carbonyl (C=O) groups is 2. The Balaban J connectivity index is 1.90. The van der Waals surface area contributed by atoms with Gasteiger partial charge in [-0.05, 0) is 38.1 Å². The Morgan fingerprint density at radius 2 is 2.05 bits per heavy atom. The fourth-order valence-electron chi connectivity index (χ4n) is 4.01. The van der Waals surface area contributed by atoms with Gasteiger partial charge in [0.25, 0.3) is 5.56 Å². The van der Waals surface area contributed by atoms with Crippen LogP contribution in [0.2, 0.25) is 0 Å². The molecule has 0 spiro atoms. The van der Waals surface area contributed by atoms with Gasteiger partial charge in [-0.15, -0.1) is 0 Å². The zero-order chi connectivity index (χ0) is 29.4. The number of likely N-dealkylation sites (N-methyl/N-ethyl adjacent to an activating group) is 1. The summed E-state index contributed by atoms with van der Waals surface area (Å²) in [6.07, 6.45) is -1.32. The van der Waals surface area contributed by atoms with Gasteiger partial charge < -0.3 is 19.1 Å². The lowest BCUT2D eigenvalue weighted by Crippen LogP contribution is -2.40. The van der Waals surface area contributed by atoms with E-state index in [-0.39, 0.29) is 24.2 Å². The van der Waals surface area contributed by atoms with Crippen molar-refractivity contribution in [3.8, 4) is 5.75 Å². The molecule has 216 valence electrons. The molecule has 1 aliphatic heterocycles. The fourth-order valence-corrected chi connectivity index (χ4v) is 5.65. The van der Waals surface area contributed by atoms with Gasteiger partial charge in [-0.1, -0.05) is 23.3 Å². The van der Waals surface area contributed by atoms with Crippen LogP contribution in [0.3, 0.4) is 0 Å². The minimum absolute atomic E-state index is 0.0343. The molecule has 0 amide bonds. The quantitative estimate of drug-likeness (QED) is 0.115. The summed E-state index contributed by atoms with van der Waals surface area (Å²) in [5, 5.41) is 12.8. The number of azide groups is 1. The molecule has 1 aromatic carbocycles. The van der Waals surface area contributed by atoms with E-state index in [2.05, 4.69) is 15.0 Å². The van der Waals surface area contributed by atoms with E-state index in [1.807, 2.05) is 0 Å². The highest BCUT2D eigenvalue weighted by atomic mass is 31.2. The summed E-state index contributed by atoms with van der Waals surface area (Å²) in [4.78, 5) is 52.8. The van der Waals surface area contributed by atoms with Crippen molar-refractivity contribution in [2.75, 3.05) is 20.8 Å². The maximum absolute atomic E-state index is 14.2. The molecule has 2 aromatic rings. The Morgan fingerprint density at radius 3 is 2.67 bits per heavy atom. The maximum Gasteiger partial charge on any atom is 0.462 e. The number of aryl methyl sites for hydroxylation is 1. The van der Waals surface area contributed by atoms with Crippen LogP contribution in [0, 0.1) is 6.92 Å². The number of carbonyl (C=O) groups excluding carboxylic acids is 1. The Hall–Kier alpha value is -3.94. The minimum Gasteiger partial charge on any atom is -0.481 e. The van der Waals surface area contributed by atoms with Gasteiger partial charge >= 0.3 is 25.4 Å². The number of hydrogen-bond acceptors (Lipinski definition) is 10. The number of methoxy groups -OCH3 is 1. The summed E-state index contributed by atoms with van der Waals surface area (Å²) in [6, 6.07) is 5.76. The summed E-state index contributed by atoms with van der Waals surface area (Å²) in [5.74, 6) is -1.91. The first-order chi connectivity index (χ1) is 19.0. The predicted octanol–water partition coefficient (Wildman–Crippen LogP) is 2.35. The van der Waals surface area contributed by atoms with Gasteiger partial charge in [0.15, 0.2) is 0 Å². The van der Waals surface area contributed by atoms with E-state index >= 15 is 0 Å². The predicted molar refractivity (Wildman–Crippen MR) is 139 cm³/mol. The van der Waals surface area contributed by atoms with E-state index in [4.69, 9.17) is 29.2 Å². The van der Waals surface area contributed by atoms with E-state index in [9.17, 15) is 23.7 Å². The standard InChI is InChI=1S/C23H29N6O10P/c1-14-12-29(23(34)25-21(14)32)19-11-16(26-27-24)18(38-19)13-37-40(35,39-15-7-5-4-6-8-15)28(2)17(22(33)36-3)9-10-20(30)31/h4-8,12,16-19H,9-11,13H2,1-3H3,(H,30,31)(H,25,32,34)/t16?,17-,18+,19+,40?/m0/s1. The highest BCUT2D eigenvalue weighted by Gasteiger charge is 2.44. The summed E-state index contributed by atoms with van der Waals surface area (Å²) in [5.41, 5.74) is 8.03. The molecule has 1 aromatic heterocycles. The Kier molecular flexibility index (Phi) is 10.3. The van der Waals surface area contributed by atoms with Crippen molar-refractivity contribution in [1.82, 2.24) is 14.2 Å². The molecule has 17 heteroatoms. The molecule has 1 fully saturated rings. The maximum atomic E-state index is 14.2. The van der Waals surface area contributed by atoms with Crippen LogP contribution in [0.25, 0.3) is 10.4 Å². The molecule has 1 saturated heterocycles. The van der Waals surface area contributed by atoms with Gasteiger partial charge in [-0.2, -0.15) is 4.67 Å². The van der Waals surface area contributed by atoms with Crippen molar-refractivity contribution in [3.05, 3.63) is 73.4 Å². The molecule has 0 aliphatic carbocycles. The average Bonchev–Trinajstić information content (AvgIpc) is 3.32. The van der Waals surface area contributed by atoms with Crippen molar-refractivity contribution < 1.29 is 37.8 Å². The number of carboxylic acid groups (broad SMARTS) is 1. The van der Waals surface area contributed by atoms with Crippen LogP contribution in [-0.2, 0) is 28.2 Å². The lowest BCUT2D eigenvalue weighted by atomic mass is 10.1. The molecule has 0 bridgehead atoms. The van der Waals surface area contributed by atoms with Crippen molar-refractivity contribution >= 4 is 19.7 Å². The summed E-state index contributed by atoms with van der Waals surface area (Å²) in [6.45, 7) is 1.03. The first-order valence-electron chi connectivity index (χ1n) is 12.0. The molecule has 1 aliphatic rings. The van der Waals surface area contributed by atoms with Crippen molar-refractivity contribution in [1.29, 1.82) is 0 Å². The van der Waals surface area contributed by atoms with Crippen molar-refractivity contribution in [2.45, 2.75) is 50.6 Å². The minimum atomic E-state index is -4.42. The molecule has 16 nitrogen and oxygen atoms in total.